The van der Waals surface area contributed by atoms with E-state index in [9.17, 15) is 9.59 Å². The molecule has 126 valence electrons. The SMILES string of the molecule is CC(=O)Nc1ccc(SC(C)C(=O)Nc2cc(Cl)ccc2C)cc1. The summed E-state index contributed by atoms with van der Waals surface area (Å²) in [6.07, 6.45) is 0. The van der Waals surface area contributed by atoms with Gasteiger partial charge in [0.1, 0.15) is 0 Å². The number of carbonyl (C=O) groups is 2. The molecule has 1 atom stereocenters. The van der Waals surface area contributed by atoms with Crippen LogP contribution in [-0.4, -0.2) is 17.1 Å². The first-order valence-corrected chi connectivity index (χ1v) is 8.72. The van der Waals surface area contributed by atoms with Gasteiger partial charge in [0.2, 0.25) is 11.8 Å². The lowest BCUT2D eigenvalue weighted by atomic mass is 10.2. The molecular weight excluding hydrogens is 344 g/mol. The molecule has 4 nitrogen and oxygen atoms in total. The normalized spacial score (nSPS) is 11.7. The Morgan fingerprint density at radius 2 is 1.75 bits per heavy atom. The Bertz CT molecular complexity index is 747. The van der Waals surface area contributed by atoms with Crippen molar-refractivity contribution in [3.63, 3.8) is 0 Å². The van der Waals surface area contributed by atoms with Crippen molar-refractivity contribution >= 4 is 46.6 Å². The zero-order valence-corrected chi connectivity index (χ0v) is 15.3. The highest BCUT2D eigenvalue weighted by molar-refractivity contribution is 8.00. The average Bonchev–Trinajstić information content (AvgIpc) is 2.52. The molecule has 24 heavy (non-hydrogen) atoms. The summed E-state index contributed by atoms with van der Waals surface area (Å²) in [4.78, 5) is 24.3. The summed E-state index contributed by atoms with van der Waals surface area (Å²) in [6, 6.07) is 12.8. The molecule has 0 saturated carbocycles. The van der Waals surface area contributed by atoms with E-state index < -0.39 is 0 Å². The Morgan fingerprint density at radius 1 is 1.08 bits per heavy atom. The van der Waals surface area contributed by atoms with E-state index in [0.29, 0.717) is 5.02 Å². The van der Waals surface area contributed by atoms with Gasteiger partial charge >= 0.3 is 0 Å². The first-order chi connectivity index (χ1) is 11.3. The highest BCUT2D eigenvalue weighted by atomic mass is 35.5. The molecule has 0 aliphatic carbocycles. The smallest absolute Gasteiger partial charge is 0.237 e. The number of nitrogens with one attached hydrogen (secondary N) is 2. The van der Waals surface area contributed by atoms with Crippen LogP contribution in [0.5, 0.6) is 0 Å². The van der Waals surface area contributed by atoms with Gasteiger partial charge in [-0.3, -0.25) is 9.59 Å². The van der Waals surface area contributed by atoms with Gasteiger partial charge in [-0.1, -0.05) is 17.7 Å². The number of anilines is 2. The number of halogens is 1. The summed E-state index contributed by atoms with van der Waals surface area (Å²) >= 11 is 7.42. The lowest BCUT2D eigenvalue weighted by Gasteiger charge is -2.14. The van der Waals surface area contributed by atoms with E-state index in [2.05, 4.69) is 10.6 Å². The van der Waals surface area contributed by atoms with E-state index in [-0.39, 0.29) is 17.1 Å². The summed E-state index contributed by atoms with van der Waals surface area (Å²) in [5.41, 5.74) is 2.42. The maximum Gasteiger partial charge on any atom is 0.237 e. The quantitative estimate of drug-likeness (QED) is 0.756. The van der Waals surface area contributed by atoms with Gasteiger partial charge < -0.3 is 10.6 Å². The van der Waals surface area contributed by atoms with Crippen molar-refractivity contribution in [1.82, 2.24) is 0 Å². The summed E-state index contributed by atoms with van der Waals surface area (Å²) in [7, 11) is 0. The maximum absolute atomic E-state index is 12.4. The third-order valence-electron chi connectivity index (χ3n) is 3.31. The molecule has 1 unspecified atom stereocenters. The Hall–Kier alpha value is -1.98. The molecule has 2 amide bonds. The first-order valence-electron chi connectivity index (χ1n) is 7.46. The molecule has 0 aliphatic heterocycles. The number of aryl methyl sites for hydroxylation is 1. The Labute approximate surface area is 151 Å². The largest absolute Gasteiger partial charge is 0.326 e. The van der Waals surface area contributed by atoms with Crippen LogP contribution in [0.3, 0.4) is 0 Å². The minimum atomic E-state index is -0.269. The van der Waals surface area contributed by atoms with Crippen LogP contribution in [0.15, 0.2) is 47.4 Å². The Kier molecular flexibility index (Phi) is 6.29. The van der Waals surface area contributed by atoms with Crippen molar-refractivity contribution in [2.75, 3.05) is 10.6 Å². The lowest BCUT2D eigenvalue weighted by Crippen LogP contribution is -2.22. The van der Waals surface area contributed by atoms with E-state index >= 15 is 0 Å². The molecule has 0 saturated heterocycles. The molecule has 2 aromatic carbocycles. The van der Waals surface area contributed by atoms with Crippen LogP contribution in [0.2, 0.25) is 5.02 Å². The summed E-state index contributed by atoms with van der Waals surface area (Å²) in [6.45, 7) is 5.24. The van der Waals surface area contributed by atoms with E-state index in [4.69, 9.17) is 11.6 Å². The van der Waals surface area contributed by atoms with Gasteiger partial charge in [-0.05, 0) is 55.8 Å². The van der Waals surface area contributed by atoms with Gasteiger partial charge in [0.05, 0.1) is 5.25 Å². The number of hydrogen-bond acceptors (Lipinski definition) is 3. The van der Waals surface area contributed by atoms with Crippen molar-refractivity contribution < 1.29 is 9.59 Å². The minimum Gasteiger partial charge on any atom is -0.326 e. The van der Waals surface area contributed by atoms with Crippen LogP contribution in [-0.2, 0) is 9.59 Å². The van der Waals surface area contributed by atoms with Crippen LogP contribution in [0, 0.1) is 6.92 Å². The third-order valence-corrected chi connectivity index (χ3v) is 4.66. The number of carbonyl (C=O) groups excluding carboxylic acids is 2. The number of amides is 2. The molecular formula is C18H19ClN2O2S. The number of hydrogen-bond donors (Lipinski definition) is 2. The van der Waals surface area contributed by atoms with Crippen LogP contribution >= 0.6 is 23.4 Å². The fraction of sp³-hybridized carbons (Fsp3) is 0.222. The monoisotopic (exact) mass is 362 g/mol. The van der Waals surface area contributed by atoms with Gasteiger partial charge in [-0.25, -0.2) is 0 Å². The van der Waals surface area contributed by atoms with Gasteiger partial charge in [0, 0.05) is 28.2 Å². The van der Waals surface area contributed by atoms with Crippen molar-refractivity contribution in [1.29, 1.82) is 0 Å². The van der Waals surface area contributed by atoms with Crippen molar-refractivity contribution in [2.45, 2.75) is 30.9 Å². The second-order valence-corrected chi connectivity index (χ2v) is 7.26. The fourth-order valence-corrected chi connectivity index (χ4v) is 3.08. The molecule has 0 fully saturated rings. The predicted octanol–water partition coefficient (Wildman–Crippen LogP) is 4.73. The molecule has 0 aromatic heterocycles. The molecule has 0 heterocycles. The van der Waals surface area contributed by atoms with Crippen LogP contribution in [0.1, 0.15) is 19.4 Å². The average molecular weight is 363 g/mol. The van der Waals surface area contributed by atoms with Crippen molar-refractivity contribution in [3.05, 3.63) is 53.1 Å². The highest BCUT2D eigenvalue weighted by Crippen LogP contribution is 2.27. The molecule has 2 N–H and O–H groups in total. The van der Waals surface area contributed by atoms with Crippen LogP contribution < -0.4 is 10.6 Å². The number of thioether (sulfide) groups is 1. The first kappa shape index (κ1) is 18.4. The van der Waals surface area contributed by atoms with Crippen LogP contribution in [0.4, 0.5) is 11.4 Å². The molecule has 0 radical (unpaired) electrons. The van der Waals surface area contributed by atoms with E-state index in [1.165, 1.54) is 18.7 Å². The van der Waals surface area contributed by atoms with E-state index in [0.717, 1.165) is 21.8 Å². The number of rotatable bonds is 5. The van der Waals surface area contributed by atoms with E-state index in [1.54, 1.807) is 12.1 Å². The maximum atomic E-state index is 12.4. The predicted molar refractivity (Wildman–Crippen MR) is 101 cm³/mol. The molecule has 2 aromatic rings. The molecule has 0 bridgehead atoms. The molecule has 2 rings (SSSR count). The zero-order valence-electron chi connectivity index (χ0n) is 13.7. The van der Waals surface area contributed by atoms with Gasteiger partial charge in [0.25, 0.3) is 0 Å². The third kappa shape index (κ3) is 5.28. The Morgan fingerprint density at radius 3 is 2.38 bits per heavy atom. The highest BCUT2D eigenvalue weighted by Gasteiger charge is 2.15. The number of benzene rings is 2. The van der Waals surface area contributed by atoms with Crippen LogP contribution in [0.25, 0.3) is 0 Å². The molecule has 0 aliphatic rings. The van der Waals surface area contributed by atoms with Gasteiger partial charge in [0.15, 0.2) is 0 Å². The van der Waals surface area contributed by atoms with Crippen molar-refractivity contribution in [3.8, 4) is 0 Å². The summed E-state index contributed by atoms with van der Waals surface area (Å²) in [5.74, 6) is -0.198. The summed E-state index contributed by atoms with van der Waals surface area (Å²) in [5, 5.41) is 5.94. The Balaban J connectivity index is 1.98. The second kappa shape index (κ2) is 8.22. The van der Waals surface area contributed by atoms with Gasteiger partial charge in [-0.15, -0.1) is 11.8 Å². The van der Waals surface area contributed by atoms with Crippen molar-refractivity contribution in [2.24, 2.45) is 0 Å². The second-order valence-electron chi connectivity index (χ2n) is 5.41. The molecule has 0 spiro atoms. The lowest BCUT2D eigenvalue weighted by molar-refractivity contribution is -0.115. The fourth-order valence-electron chi connectivity index (χ4n) is 2.04. The molecule has 6 heteroatoms. The van der Waals surface area contributed by atoms with Gasteiger partial charge in [-0.2, -0.15) is 0 Å². The van der Waals surface area contributed by atoms with E-state index in [1.807, 2.05) is 44.2 Å². The standard InChI is InChI=1S/C18H19ClN2O2S/c1-11-4-5-14(19)10-17(11)21-18(23)12(2)24-16-8-6-15(7-9-16)20-13(3)22/h4-10,12H,1-3H3,(H,20,22)(H,21,23). The summed E-state index contributed by atoms with van der Waals surface area (Å²) < 4.78 is 0. The zero-order chi connectivity index (χ0) is 17.7. The topological polar surface area (TPSA) is 58.2 Å². The minimum absolute atomic E-state index is 0.0868.